The molecular formula is C14H12N6O3S. The van der Waals surface area contributed by atoms with Crippen LogP contribution in [-0.2, 0) is 4.79 Å². The van der Waals surface area contributed by atoms with Gasteiger partial charge in [0.2, 0.25) is 18.6 Å². The molecule has 0 aliphatic carbocycles. The van der Waals surface area contributed by atoms with E-state index in [1.54, 1.807) is 18.2 Å². The first-order valence-electron chi connectivity index (χ1n) is 6.98. The maximum Gasteiger partial charge on any atom is 0.234 e. The van der Waals surface area contributed by atoms with Gasteiger partial charge in [0.25, 0.3) is 0 Å². The summed E-state index contributed by atoms with van der Waals surface area (Å²) in [4.78, 5) is 27.4. The number of rotatable bonds is 4. The van der Waals surface area contributed by atoms with E-state index in [0.717, 1.165) is 0 Å². The molecule has 10 heteroatoms. The highest BCUT2D eigenvalue weighted by Crippen LogP contribution is 2.38. The number of aromatic amines is 1. The Morgan fingerprint density at radius 3 is 3.21 bits per heavy atom. The Kier molecular flexibility index (Phi) is 3.58. The number of hydrogen-bond donors (Lipinski definition) is 3. The highest BCUT2D eigenvalue weighted by atomic mass is 32.2. The summed E-state index contributed by atoms with van der Waals surface area (Å²) < 4.78 is 10.6. The SMILES string of the molecule is Nc1nc(SCC(=O)Nc2cccc3c2OCO3)c2[nH]cnc2n1. The second-order valence-corrected chi connectivity index (χ2v) is 5.83. The molecule has 9 nitrogen and oxygen atoms in total. The van der Waals surface area contributed by atoms with Crippen LogP contribution in [0.15, 0.2) is 29.6 Å². The normalized spacial score (nSPS) is 12.5. The van der Waals surface area contributed by atoms with Crippen molar-refractivity contribution in [3.8, 4) is 11.5 Å². The number of nitrogen functional groups attached to an aromatic ring is 1. The van der Waals surface area contributed by atoms with Crippen molar-refractivity contribution in [3.63, 3.8) is 0 Å². The standard InChI is InChI=1S/C14H12N6O3S/c15-14-19-12-10(16-5-17-12)13(20-14)24-4-9(21)18-7-2-1-3-8-11(7)23-6-22-8/h1-3,5H,4,6H2,(H,18,21)(H3,15,16,17,19,20). The van der Waals surface area contributed by atoms with E-state index in [1.807, 2.05) is 0 Å². The van der Waals surface area contributed by atoms with Crippen molar-refractivity contribution in [3.05, 3.63) is 24.5 Å². The van der Waals surface area contributed by atoms with Crippen molar-refractivity contribution in [1.82, 2.24) is 19.9 Å². The van der Waals surface area contributed by atoms with Gasteiger partial charge in [0.1, 0.15) is 10.5 Å². The van der Waals surface area contributed by atoms with Gasteiger partial charge >= 0.3 is 0 Å². The largest absolute Gasteiger partial charge is 0.454 e. The number of nitrogens with zero attached hydrogens (tertiary/aromatic N) is 3. The van der Waals surface area contributed by atoms with Crippen molar-refractivity contribution in [1.29, 1.82) is 0 Å². The summed E-state index contributed by atoms with van der Waals surface area (Å²) in [6.07, 6.45) is 1.51. The molecule has 4 N–H and O–H groups in total. The number of nitrogens with two attached hydrogens (primary N) is 1. The maximum absolute atomic E-state index is 12.2. The van der Waals surface area contributed by atoms with Crippen LogP contribution in [0.4, 0.5) is 11.6 Å². The summed E-state index contributed by atoms with van der Waals surface area (Å²) in [5.74, 6) is 1.22. The molecule has 0 saturated heterocycles. The lowest BCUT2D eigenvalue weighted by Crippen LogP contribution is -2.14. The Hall–Kier alpha value is -3.01. The zero-order chi connectivity index (χ0) is 16.5. The van der Waals surface area contributed by atoms with Crippen molar-refractivity contribution >= 4 is 40.5 Å². The van der Waals surface area contributed by atoms with Crippen molar-refractivity contribution in [2.75, 3.05) is 23.6 Å². The molecule has 2 aromatic heterocycles. The van der Waals surface area contributed by atoms with Crippen LogP contribution in [0.1, 0.15) is 0 Å². The molecule has 0 fully saturated rings. The molecule has 24 heavy (non-hydrogen) atoms. The van der Waals surface area contributed by atoms with E-state index in [-0.39, 0.29) is 24.4 Å². The first kappa shape index (κ1) is 14.6. The van der Waals surface area contributed by atoms with Gasteiger partial charge in [-0.2, -0.15) is 4.98 Å². The molecule has 1 aromatic carbocycles. The monoisotopic (exact) mass is 344 g/mol. The van der Waals surface area contributed by atoms with Gasteiger partial charge in [-0.25, -0.2) is 9.97 Å². The first-order valence-corrected chi connectivity index (χ1v) is 7.97. The molecule has 122 valence electrons. The molecule has 0 radical (unpaired) electrons. The first-order chi connectivity index (χ1) is 11.7. The van der Waals surface area contributed by atoms with Crippen LogP contribution in [-0.4, -0.2) is 38.4 Å². The number of H-pyrrole nitrogens is 1. The number of aromatic nitrogens is 4. The molecule has 1 aliphatic heterocycles. The molecule has 0 atom stereocenters. The lowest BCUT2D eigenvalue weighted by molar-refractivity contribution is -0.113. The third kappa shape index (κ3) is 2.67. The average Bonchev–Trinajstić information content (AvgIpc) is 3.21. The Labute approximate surface area is 140 Å². The number of imidazole rings is 1. The lowest BCUT2D eigenvalue weighted by Gasteiger charge is -2.08. The van der Waals surface area contributed by atoms with E-state index in [9.17, 15) is 4.79 Å². The van der Waals surface area contributed by atoms with Crippen molar-refractivity contribution in [2.24, 2.45) is 0 Å². The fraction of sp³-hybridized carbons (Fsp3) is 0.143. The lowest BCUT2D eigenvalue weighted by atomic mass is 10.2. The summed E-state index contributed by atoms with van der Waals surface area (Å²) in [6, 6.07) is 5.33. The van der Waals surface area contributed by atoms with Crippen LogP contribution < -0.4 is 20.5 Å². The minimum atomic E-state index is -0.200. The van der Waals surface area contributed by atoms with Gasteiger partial charge in [-0.1, -0.05) is 17.8 Å². The second kappa shape index (κ2) is 5.89. The van der Waals surface area contributed by atoms with Crippen LogP contribution in [0.3, 0.4) is 0 Å². The number of benzene rings is 1. The fourth-order valence-corrected chi connectivity index (χ4v) is 3.07. The number of carbonyl (C=O) groups excluding carboxylic acids is 1. The number of thioether (sulfide) groups is 1. The molecular weight excluding hydrogens is 332 g/mol. The van der Waals surface area contributed by atoms with Crippen LogP contribution >= 0.6 is 11.8 Å². The average molecular weight is 344 g/mol. The van der Waals surface area contributed by atoms with E-state index in [2.05, 4.69) is 25.3 Å². The van der Waals surface area contributed by atoms with Gasteiger partial charge in [0, 0.05) is 0 Å². The van der Waals surface area contributed by atoms with Crippen LogP contribution in [0.5, 0.6) is 11.5 Å². The Balaban J connectivity index is 1.47. The zero-order valence-electron chi connectivity index (χ0n) is 12.3. The van der Waals surface area contributed by atoms with Gasteiger partial charge in [-0.05, 0) is 12.1 Å². The number of carbonyl (C=O) groups is 1. The van der Waals surface area contributed by atoms with Gasteiger partial charge in [-0.3, -0.25) is 4.79 Å². The minimum Gasteiger partial charge on any atom is -0.454 e. The molecule has 4 rings (SSSR count). The molecule has 1 aliphatic rings. The molecule has 0 unspecified atom stereocenters. The molecule has 3 heterocycles. The van der Waals surface area contributed by atoms with E-state index < -0.39 is 0 Å². The smallest absolute Gasteiger partial charge is 0.234 e. The van der Waals surface area contributed by atoms with E-state index >= 15 is 0 Å². The topological polar surface area (TPSA) is 128 Å². The molecule has 0 saturated carbocycles. The number of amides is 1. The quantitative estimate of drug-likeness (QED) is 0.478. The van der Waals surface area contributed by atoms with E-state index in [4.69, 9.17) is 15.2 Å². The summed E-state index contributed by atoms with van der Waals surface area (Å²) in [6.45, 7) is 0.148. The molecule has 0 bridgehead atoms. The Morgan fingerprint density at radius 2 is 2.29 bits per heavy atom. The summed E-state index contributed by atoms with van der Waals surface area (Å²) in [5, 5.41) is 3.38. The minimum absolute atomic E-state index is 0.115. The number of fused-ring (bicyclic) bond motifs is 2. The Bertz CT molecular complexity index is 928. The zero-order valence-corrected chi connectivity index (χ0v) is 13.1. The predicted molar refractivity (Wildman–Crippen MR) is 88.0 cm³/mol. The summed E-state index contributed by atoms with van der Waals surface area (Å²) in [7, 11) is 0. The number of ether oxygens (including phenoxy) is 2. The van der Waals surface area contributed by atoms with Crippen LogP contribution in [0.2, 0.25) is 0 Å². The fourth-order valence-electron chi connectivity index (χ4n) is 2.28. The highest BCUT2D eigenvalue weighted by Gasteiger charge is 2.19. The van der Waals surface area contributed by atoms with E-state index in [0.29, 0.717) is 33.4 Å². The van der Waals surface area contributed by atoms with E-state index in [1.165, 1.54) is 18.1 Å². The second-order valence-electron chi connectivity index (χ2n) is 4.86. The number of para-hydroxylation sites is 1. The Morgan fingerprint density at radius 1 is 1.38 bits per heavy atom. The molecule has 1 amide bonds. The summed E-state index contributed by atoms with van der Waals surface area (Å²) in [5.41, 5.74) is 7.35. The predicted octanol–water partition coefficient (Wildman–Crippen LogP) is 1.39. The number of anilines is 2. The third-order valence-electron chi connectivity index (χ3n) is 3.28. The van der Waals surface area contributed by atoms with Crippen molar-refractivity contribution in [2.45, 2.75) is 5.03 Å². The van der Waals surface area contributed by atoms with Gasteiger partial charge in [0.05, 0.1) is 17.8 Å². The number of hydrogen-bond acceptors (Lipinski definition) is 8. The highest BCUT2D eigenvalue weighted by molar-refractivity contribution is 8.00. The molecule has 3 aromatic rings. The van der Waals surface area contributed by atoms with Crippen LogP contribution in [0.25, 0.3) is 11.2 Å². The van der Waals surface area contributed by atoms with Gasteiger partial charge in [-0.15, -0.1) is 0 Å². The molecule has 0 spiro atoms. The maximum atomic E-state index is 12.2. The van der Waals surface area contributed by atoms with Crippen molar-refractivity contribution < 1.29 is 14.3 Å². The van der Waals surface area contributed by atoms with Crippen LogP contribution in [0, 0.1) is 0 Å². The summed E-state index contributed by atoms with van der Waals surface area (Å²) >= 11 is 1.24. The van der Waals surface area contributed by atoms with Gasteiger partial charge < -0.3 is 25.5 Å². The van der Waals surface area contributed by atoms with Gasteiger partial charge in [0.15, 0.2) is 17.1 Å². The third-order valence-corrected chi connectivity index (χ3v) is 4.26. The number of nitrogens with one attached hydrogen (secondary N) is 2.